The van der Waals surface area contributed by atoms with Gasteiger partial charge in [0.2, 0.25) is 0 Å². The Bertz CT molecular complexity index is 939. The number of carbonyl (C=O) groups is 1. The largest absolute Gasteiger partial charge is 0.490 e. The van der Waals surface area contributed by atoms with Crippen LogP contribution in [-0.2, 0) is 16.1 Å². The Morgan fingerprint density at radius 1 is 0.971 bits per heavy atom. The van der Waals surface area contributed by atoms with Crippen LogP contribution in [0.1, 0.15) is 84.1 Å². The van der Waals surface area contributed by atoms with Crippen molar-refractivity contribution < 1.29 is 14.3 Å². The number of rotatable bonds is 10. The molecule has 2 aromatic carbocycles. The predicted octanol–water partition coefficient (Wildman–Crippen LogP) is 7.38. The van der Waals surface area contributed by atoms with Gasteiger partial charge < -0.3 is 9.47 Å². The zero-order valence-electron chi connectivity index (χ0n) is 22.1. The van der Waals surface area contributed by atoms with Crippen molar-refractivity contribution >= 4 is 16.7 Å². The Morgan fingerprint density at radius 2 is 1.69 bits per heavy atom. The molecular formula is C31H45NO3. The third-order valence-electron chi connectivity index (χ3n) is 7.98. The lowest BCUT2D eigenvalue weighted by atomic mass is 9.83. The highest BCUT2D eigenvalue weighted by Crippen LogP contribution is 2.32. The van der Waals surface area contributed by atoms with Gasteiger partial charge in [-0.1, -0.05) is 51.3 Å². The van der Waals surface area contributed by atoms with E-state index >= 15 is 0 Å². The number of benzene rings is 2. The smallest absolute Gasteiger partial charge is 0.309 e. The van der Waals surface area contributed by atoms with E-state index < -0.39 is 0 Å². The summed E-state index contributed by atoms with van der Waals surface area (Å²) in [4.78, 5) is 14.4. The van der Waals surface area contributed by atoms with Crippen LogP contribution in [0.15, 0.2) is 36.4 Å². The second kappa shape index (κ2) is 12.8. The molecule has 1 heterocycles. The van der Waals surface area contributed by atoms with E-state index in [1.54, 1.807) is 0 Å². The molecule has 2 aliphatic rings. The predicted molar refractivity (Wildman–Crippen MR) is 144 cm³/mol. The Labute approximate surface area is 212 Å². The number of esters is 1. The Morgan fingerprint density at radius 3 is 2.40 bits per heavy atom. The molecule has 0 unspecified atom stereocenters. The minimum Gasteiger partial charge on any atom is -0.490 e. The van der Waals surface area contributed by atoms with E-state index in [4.69, 9.17) is 9.47 Å². The minimum atomic E-state index is -0.0226. The molecule has 0 spiro atoms. The van der Waals surface area contributed by atoms with Crippen LogP contribution in [0.2, 0.25) is 0 Å². The topological polar surface area (TPSA) is 38.8 Å². The Kier molecular flexibility index (Phi) is 9.48. The highest BCUT2D eigenvalue weighted by atomic mass is 16.5. The first-order valence-electron chi connectivity index (χ1n) is 14.1. The second-order valence-electron chi connectivity index (χ2n) is 11.2. The molecule has 0 N–H and O–H groups in total. The second-order valence-corrected chi connectivity index (χ2v) is 11.2. The van der Waals surface area contributed by atoms with Crippen LogP contribution in [0, 0.1) is 17.8 Å². The molecule has 2 fully saturated rings. The van der Waals surface area contributed by atoms with Gasteiger partial charge in [-0.3, -0.25) is 9.69 Å². The van der Waals surface area contributed by atoms with Gasteiger partial charge in [-0.2, -0.15) is 0 Å². The van der Waals surface area contributed by atoms with Gasteiger partial charge in [0, 0.05) is 6.54 Å². The summed E-state index contributed by atoms with van der Waals surface area (Å²) in [6.45, 7) is 9.85. The third kappa shape index (κ3) is 7.70. The summed E-state index contributed by atoms with van der Waals surface area (Å²) in [5.41, 5.74) is 1.33. The average Bonchev–Trinajstić information content (AvgIpc) is 2.85. The molecule has 0 aromatic heterocycles. The summed E-state index contributed by atoms with van der Waals surface area (Å²) in [6.07, 6.45) is 11.3. The molecule has 192 valence electrons. The van der Waals surface area contributed by atoms with Crippen LogP contribution in [0.25, 0.3) is 10.8 Å². The Balaban J connectivity index is 1.25. The molecule has 1 aliphatic carbocycles. The number of hydrogen-bond donors (Lipinski definition) is 0. The zero-order chi connectivity index (χ0) is 24.6. The van der Waals surface area contributed by atoms with Crippen LogP contribution in [0.5, 0.6) is 5.75 Å². The molecule has 0 radical (unpaired) electrons. The van der Waals surface area contributed by atoms with Crippen LogP contribution in [0.3, 0.4) is 0 Å². The van der Waals surface area contributed by atoms with Crippen LogP contribution >= 0.6 is 0 Å². The molecule has 35 heavy (non-hydrogen) atoms. The van der Waals surface area contributed by atoms with E-state index in [0.717, 1.165) is 50.1 Å². The fraction of sp³-hybridized carbons (Fsp3) is 0.645. The molecule has 1 saturated heterocycles. The molecule has 4 rings (SSSR count). The highest BCUT2D eigenvalue weighted by molar-refractivity contribution is 5.84. The van der Waals surface area contributed by atoms with Gasteiger partial charge in [0.05, 0.1) is 18.6 Å². The fourth-order valence-corrected chi connectivity index (χ4v) is 5.84. The molecule has 2 aromatic rings. The molecule has 1 aliphatic heterocycles. The SMILES string of the molecule is CCOC(=O)C1CCN(Cc2ccc3cc(OC4CCC(CCCC(C)C)CC4)ccc3c2)CC1. The summed E-state index contributed by atoms with van der Waals surface area (Å²) >= 11 is 0. The monoisotopic (exact) mass is 479 g/mol. The average molecular weight is 480 g/mol. The van der Waals surface area contributed by atoms with Crippen LogP contribution in [0.4, 0.5) is 0 Å². The van der Waals surface area contributed by atoms with Crippen molar-refractivity contribution in [2.24, 2.45) is 17.8 Å². The number of piperidine rings is 1. The zero-order valence-corrected chi connectivity index (χ0v) is 22.1. The van der Waals surface area contributed by atoms with E-state index in [2.05, 4.69) is 55.1 Å². The molecular weight excluding hydrogens is 434 g/mol. The van der Waals surface area contributed by atoms with E-state index in [1.807, 2.05) is 6.92 Å². The van der Waals surface area contributed by atoms with Gasteiger partial charge in [-0.05, 0) is 105 Å². The highest BCUT2D eigenvalue weighted by Gasteiger charge is 2.26. The first-order chi connectivity index (χ1) is 17.0. The third-order valence-corrected chi connectivity index (χ3v) is 7.98. The van der Waals surface area contributed by atoms with Crippen molar-refractivity contribution in [3.05, 3.63) is 42.0 Å². The van der Waals surface area contributed by atoms with Gasteiger partial charge in [-0.25, -0.2) is 0 Å². The van der Waals surface area contributed by atoms with Crippen molar-refractivity contribution in [2.45, 2.75) is 91.2 Å². The van der Waals surface area contributed by atoms with E-state index in [9.17, 15) is 4.79 Å². The standard InChI is InChI=1S/C31H45NO3/c1-4-34-31(33)26-16-18-32(19-17-26)22-25-8-11-28-21-30(15-12-27(28)20-25)35-29-13-9-24(10-14-29)7-5-6-23(2)3/h8,11-12,15,20-21,23-24,26,29H,4-7,9-10,13-14,16-19,22H2,1-3H3. The van der Waals surface area contributed by atoms with Gasteiger partial charge >= 0.3 is 5.97 Å². The summed E-state index contributed by atoms with van der Waals surface area (Å²) in [7, 11) is 0. The minimum absolute atomic E-state index is 0.0226. The van der Waals surface area contributed by atoms with Gasteiger partial charge in [-0.15, -0.1) is 0 Å². The number of carbonyl (C=O) groups excluding carboxylic acids is 1. The van der Waals surface area contributed by atoms with Crippen molar-refractivity contribution in [1.82, 2.24) is 4.90 Å². The number of hydrogen-bond acceptors (Lipinski definition) is 4. The van der Waals surface area contributed by atoms with Crippen molar-refractivity contribution in [1.29, 1.82) is 0 Å². The van der Waals surface area contributed by atoms with Crippen molar-refractivity contribution in [3.8, 4) is 5.75 Å². The first-order valence-corrected chi connectivity index (χ1v) is 14.1. The summed E-state index contributed by atoms with van der Waals surface area (Å²) < 4.78 is 11.6. The molecule has 1 saturated carbocycles. The van der Waals surface area contributed by atoms with E-state index in [1.165, 1.54) is 61.3 Å². The quantitative estimate of drug-likeness (QED) is 0.333. The van der Waals surface area contributed by atoms with Gasteiger partial charge in [0.1, 0.15) is 5.75 Å². The fourth-order valence-electron chi connectivity index (χ4n) is 5.84. The molecule has 0 amide bonds. The first kappa shape index (κ1) is 26.0. The van der Waals surface area contributed by atoms with Crippen molar-refractivity contribution in [3.63, 3.8) is 0 Å². The normalized spacial score (nSPS) is 21.9. The number of likely N-dealkylation sites (tertiary alicyclic amines) is 1. The van der Waals surface area contributed by atoms with Crippen LogP contribution < -0.4 is 4.74 Å². The summed E-state index contributed by atoms with van der Waals surface area (Å²) in [5.74, 6) is 2.79. The van der Waals surface area contributed by atoms with E-state index in [-0.39, 0.29) is 11.9 Å². The number of nitrogens with zero attached hydrogens (tertiary/aromatic N) is 1. The van der Waals surface area contributed by atoms with Crippen LogP contribution in [-0.4, -0.2) is 36.7 Å². The lowest BCUT2D eigenvalue weighted by Gasteiger charge is -2.30. The van der Waals surface area contributed by atoms with Gasteiger partial charge in [0.25, 0.3) is 0 Å². The van der Waals surface area contributed by atoms with Crippen molar-refractivity contribution in [2.75, 3.05) is 19.7 Å². The molecule has 4 nitrogen and oxygen atoms in total. The Hall–Kier alpha value is -2.07. The molecule has 0 atom stereocenters. The summed E-state index contributed by atoms with van der Waals surface area (Å²) in [5, 5.41) is 2.51. The maximum absolute atomic E-state index is 12.0. The summed E-state index contributed by atoms with van der Waals surface area (Å²) in [6, 6.07) is 13.3. The number of fused-ring (bicyclic) bond motifs is 1. The maximum Gasteiger partial charge on any atom is 0.309 e. The lowest BCUT2D eigenvalue weighted by molar-refractivity contribution is -0.149. The molecule has 0 bridgehead atoms. The lowest BCUT2D eigenvalue weighted by Crippen LogP contribution is -2.36. The number of ether oxygens (including phenoxy) is 2. The van der Waals surface area contributed by atoms with E-state index in [0.29, 0.717) is 12.7 Å². The maximum atomic E-state index is 12.0. The molecule has 4 heteroatoms. The van der Waals surface area contributed by atoms with Gasteiger partial charge in [0.15, 0.2) is 0 Å².